The molecule has 2 aromatic carbocycles. The third-order valence-electron chi connectivity index (χ3n) is 5.61. The maximum Gasteiger partial charge on any atom is 0.290 e. The lowest BCUT2D eigenvalue weighted by atomic mass is 10.1. The molecule has 0 bridgehead atoms. The van der Waals surface area contributed by atoms with Gasteiger partial charge >= 0.3 is 0 Å². The van der Waals surface area contributed by atoms with Crippen molar-refractivity contribution in [1.82, 2.24) is 20.5 Å². The van der Waals surface area contributed by atoms with E-state index in [9.17, 15) is 19.2 Å². The summed E-state index contributed by atoms with van der Waals surface area (Å²) < 4.78 is 5.67. The number of aromatic nitrogens is 1. The number of carbonyl (C=O) groups excluding carboxylic acids is 3. The standard InChI is InChI=1S/C25H25ClN4O5.CH2O2/c1-15-3-5-20-17(11-15)18(13-22(31)29-20)25(34)30-9-2-7-28-24(33)19-12-16(26)4-6-21(19)35-10-8-27-23(32)14-30;2-1-3/h3-6,11-13H,2,7-10,14H2,1H3,(H,27,32)(H,28,33)(H,29,31);1H,(H,2,3). The molecule has 0 atom stereocenters. The normalized spacial score (nSPS) is 14.5. The van der Waals surface area contributed by atoms with Gasteiger partial charge in [-0.3, -0.25) is 24.0 Å². The van der Waals surface area contributed by atoms with Crippen molar-refractivity contribution in [3.63, 3.8) is 0 Å². The molecule has 4 N–H and O–H groups in total. The smallest absolute Gasteiger partial charge is 0.290 e. The third kappa shape index (κ3) is 7.32. The number of benzene rings is 2. The molecule has 38 heavy (non-hydrogen) atoms. The molecule has 0 radical (unpaired) electrons. The number of amides is 3. The predicted molar refractivity (Wildman–Crippen MR) is 141 cm³/mol. The summed E-state index contributed by atoms with van der Waals surface area (Å²) in [5.41, 5.74) is 1.58. The number of pyridine rings is 1. The zero-order valence-electron chi connectivity index (χ0n) is 20.6. The van der Waals surface area contributed by atoms with Crippen molar-refractivity contribution in [2.75, 3.05) is 32.8 Å². The first-order valence-corrected chi connectivity index (χ1v) is 12.1. The molecule has 200 valence electrons. The van der Waals surface area contributed by atoms with Gasteiger partial charge < -0.3 is 30.4 Å². The Morgan fingerprint density at radius 3 is 2.61 bits per heavy atom. The first-order chi connectivity index (χ1) is 18.2. The van der Waals surface area contributed by atoms with Crippen molar-refractivity contribution >= 4 is 46.7 Å². The summed E-state index contributed by atoms with van der Waals surface area (Å²) in [4.78, 5) is 63.5. The number of ether oxygens (including phenoxy) is 1. The highest BCUT2D eigenvalue weighted by Gasteiger charge is 2.22. The Morgan fingerprint density at radius 1 is 1.08 bits per heavy atom. The van der Waals surface area contributed by atoms with E-state index >= 15 is 0 Å². The molecule has 0 unspecified atom stereocenters. The second-order valence-corrected chi connectivity index (χ2v) is 8.81. The van der Waals surface area contributed by atoms with Gasteiger partial charge in [0, 0.05) is 35.1 Å². The van der Waals surface area contributed by atoms with Gasteiger partial charge in [0.05, 0.1) is 24.2 Å². The fourth-order valence-corrected chi connectivity index (χ4v) is 4.09. The number of aryl methyl sites for hydroxylation is 1. The van der Waals surface area contributed by atoms with E-state index in [-0.39, 0.29) is 56.6 Å². The van der Waals surface area contributed by atoms with Gasteiger partial charge in [-0.1, -0.05) is 23.2 Å². The topological polar surface area (TPSA) is 158 Å². The Balaban J connectivity index is 0.00000127. The number of carbonyl (C=O) groups is 4. The van der Waals surface area contributed by atoms with Crippen LogP contribution < -0.4 is 20.9 Å². The molecule has 1 aliphatic rings. The zero-order chi connectivity index (χ0) is 27.7. The average Bonchev–Trinajstić information content (AvgIpc) is 2.88. The fraction of sp³-hybridized carbons (Fsp3) is 0.269. The molecule has 1 aromatic heterocycles. The summed E-state index contributed by atoms with van der Waals surface area (Å²) in [6.45, 7) is 2.21. The number of fused-ring (bicyclic) bond motifs is 2. The minimum Gasteiger partial charge on any atom is -0.491 e. The highest BCUT2D eigenvalue weighted by atomic mass is 35.5. The molecule has 0 aliphatic carbocycles. The van der Waals surface area contributed by atoms with E-state index in [1.807, 2.05) is 19.1 Å². The van der Waals surface area contributed by atoms with Crippen LogP contribution in [0.2, 0.25) is 5.02 Å². The Hall–Kier alpha value is -4.38. The number of H-pyrrole nitrogens is 1. The molecule has 3 aromatic rings. The molecule has 0 saturated carbocycles. The summed E-state index contributed by atoms with van der Waals surface area (Å²) in [6, 6.07) is 11.4. The number of hydrogen-bond donors (Lipinski definition) is 4. The van der Waals surface area contributed by atoms with Gasteiger partial charge in [0.1, 0.15) is 12.4 Å². The number of hydrogen-bond acceptors (Lipinski definition) is 6. The van der Waals surface area contributed by atoms with Crippen molar-refractivity contribution in [2.24, 2.45) is 0 Å². The van der Waals surface area contributed by atoms with E-state index < -0.39 is 11.5 Å². The predicted octanol–water partition coefficient (Wildman–Crippen LogP) is 1.96. The van der Waals surface area contributed by atoms with Crippen molar-refractivity contribution in [1.29, 1.82) is 0 Å². The van der Waals surface area contributed by atoms with Crippen LogP contribution in [0.4, 0.5) is 0 Å². The molecule has 4 rings (SSSR count). The number of halogens is 1. The second kappa shape index (κ2) is 13.2. The summed E-state index contributed by atoms with van der Waals surface area (Å²) in [5, 5.41) is 13.4. The lowest BCUT2D eigenvalue weighted by Gasteiger charge is -2.23. The number of carboxylic acid groups (broad SMARTS) is 1. The van der Waals surface area contributed by atoms with E-state index in [0.29, 0.717) is 33.7 Å². The van der Waals surface area contributed by atoms with Gasteiger partial charge in [-0.15, -0.1) is 0 Å². The molecule has 2 heterocycles. The Bertz CT molecular complexity index is 1410. The molecular weight excluding hydrogens is 516 g/mol. The maximum atomic E-state index is 13.5. The number of nitrogens with one attached hydrogen (secondary N) is 3. The van der Waals surface area contributed by atoms with Crippen LogP contribution in [0.1, 0.15) is 32.7 Å². The Morgan fingerprint density at radius 2 is 1.84 bits per heavy atom. The Labute approximate surface area is 222 Å². The molecule has 0 saturated heterocycles. The van der Waals surface area contributed by atoms with Gasteiger partial charge in [0.25, 0.3) is 18.3 Å². The number of rotatable bonds is 1. The van der Waals surface area contributed by atoms with E-state index in [4.69, 9.17) is 26.2 Å². The van der Waals surface area contributed by atoms with Crippen molar-refractivity contribution in [2.45, 2.75) is 13.3 Å². The quantitative estimate of drug-likeness (QED) is 0.342. The number of aromatic amines is 1. The summed E-state index contributed by atoms with van der Waals surface area (Å²) in [5.74, 6) is -0.776. The van der Waals surface area contributed by atoms with Gasteiger partial charge in [-0.25, -0.2) is 0 Å². The first-order valence-electron chi connectivity index (χ1n) is 11.7. The van der Waals surface area contributed by atoms with Crippen LogP contribution in [0.3, 0.4) is 0 Å². The lowest BCUT2D eigenvalue weighted by Crippen LogP contribution is -2.43. The van der Waals surface area contributed by atoms with Gasteiger partial charge in [0.15, 0.2) is 0 Å². The summed E-state index contributed by atoms with van der Waals surface area (Å²) in [6.07, 6.45) is 0.391. The van der Waals surface area contributed by atoms with Gasteiger partial charge in [0.2, 0.25) is 11.5 Å². The van der Waals surface area contributed by atoms with Crippen LogP contribution in [-0.2, 0) is 9.59 Å². The first kappa shape index (κ1) is 28.2. The number of nitrogens with zero attached hydrogens (tertiary/aromatic N) is 1. The fourth-order valence-electron chi connectivity index (χ4n) is 3.92. The van der Waals surface area contributed by atoms with Crippen molar-refractivity contribution in [3.8, 4) is 5.75 Å². The largest absolute Gasteiger partial charge is 0.491 e. The van der Waals surface area contributed by atoms with Crippen LogP contribution in [0, 0.1) is 6.92 Å². The monoisotopic (exact) mass is 542 g/mol. The molecule has 0 fully saturated rings. The molecular formula is C26H27ClN4O7. The van der Waals surface area contributed by atoms with E-state index in [1.54, 1.807) is 18.2 Å². The van der Waals surface area contributed by atoms with E-state index in [0.717, 1.165) is 5.56 Å². The van der Waals surface area contributed by atoms with Crippen LogP contribution >= 0.6 is 11.6 Å². The van der Waals surface area contributed by atoms with Gasteiger partial charge in [-0.05, 0) is 43.7 Å². The molecule has 11 nitrogen and oxygen atoms in total. The lowest BCUT2D eigenvalue weighted by molar-refractivity contribution is -0.123. The van der Waals surface area contributed by atoms with Crippen LogP contribution in [0.25, 0.3) is 10.9 Å². The minimum atomic E-state index is -0.436. The second-order valence-electron chi connectivity index (χ2n) is 8.38. The van der Waals surface area contributed by atoms with E-state index in [1.165, 1.54) is 17.0 Å². The zero-order valence-corrected chi connectivity index (χ0v) is 21.3. The third-order valence-corrected chi connectivity index (χ3v) is 5.84. The molecule has 3 amide bonds. The highest BCUT2D eigenvalue weighted by molar-refractivity contribution is 6.31. The molecule has 0 spiro atoms. The summed E-state index contributed by atoms with van der Waals surface area (Å²) >= 11 is 6.05. The van der Waals surface area contributed by atoms with Crippen molar-refractivity contribution in [3.05, 3.63) is 74.5 Å². The van der Waals surface area contributed by atoms with Crippen LogP contribution in [0.5, 0.6) is 5.75 Å². The Kier molecular flexibility index (Phi) is 9.83. The van der Waals surface area contributed by atoms with Crippen molar-refractivity contribution < 1.29 is 29.0 Å². The van der Waals surface area contributed by atoms with E-state index in [2.05, 4.69) is 15.6 Å². The highest BCUT2D eigenvalue weighted by Crippen LogP contribution is 2.23. The molecule has 12 heteroatoms. The minimum absolute atomic E-state index is 0.125. The SMILES string of the molecule is Cc1ccc2[nH]c(=O)cc(C(=O)N3CCCNC(=O)c4cc(Cl)ccc4OCCNC(=O)C3)c2c1.O=CO. The van der Waals surface area contributed by atoms with Crippen LogP contribution in [-0.4, -0.2) is 72.0 Å². The average molecular weight is 543 g/mol. The van der Waals surface area contributed by atoms with Gasteiger partial charge in [-0.2, -0.15) is 0 Å². The van der Waals surface area contributed by atoms with Crippen LogP contribution in [0.15, 0.2) is 47.3 Å². The maximum absolute atomic E-state index is 13.5. The summed E-state index contributed by atoms with van der Waals surface area (Å²) in [7, 11) is 0. The molecule has 1 aliphatic heterocycles.